The second-order valence-electron chi connectivity index (χ2n) is 7.43. The molecule has 0 radical (unpaired) electrons. The molecule has 2 aromatic rings. The summed E-state index contributed by atoms with van der Waals surface area (Å²) in [6, 6.07) is 10.2. The molecule has 2 fully saturated rings. The quantitative estimate of drug-likeness (QED) is 0.409. The highest BCUT2D eigenvalue weighted by Gasteiger charge is 2.38. The summed E-state index contributed by atoms with van der Waals surface area (Å²) >= 11 is 0. The monoisotopic (exact) mass is 468 g/mol. The van der Waals surface area contributed by atoms with Crippen LogP contribution < -0.4 is 10.6 Å². The Morgan fingerprint density at radius 3 is 2.77 bits per heavy atom. The second kappa shape index (κ2) is 8.17. The van der Waals surface area contributed by atoms with Gasteiger partial charge in [0.15, 0.2) is 5.96 Å². The first-order valence-electron chi connectivity index (χ1n) is 9.35. The summed E-state index contributed by atoms with van der Waals surface area (Å²) in [5, 5.41) is 8.19. The molecule has 1 aliphatic heterocycles. The number of guanidine groups is 1. The van der Waals surface area contributed by atoms with Gasteiger partial charge in [-0.2, -0.15) is 0 Å². The fourth-order valence-corrected chi connectivity index (χ4v) is 4.02. The van der Waals surface area contributed by atoms with Crippen LogP contribution in [-0.2, 0) is 6.54 Å². The first-order chi connectivity index (χ1) is 12.2. The zero-order valence-corrected chi connectivity index (χ0v) is 18.1. The van der Waals surface area contributed by atoms with Gasteiger partial charge in [-0.05, 0) is 39.2 Å². The van der Waals surface area contributed by atoms with E-state index in [-0.39, 0.29) is 24.0 Å². The second-order valence-corrected chi connectivity index (χ2v) is 7.43. The van der Waals surface area contributed by atoms with E-state index in [0.717, 1.165) is 29.9 Å². The number of hydrogen-bond donors (Lipinski definition) is 2. The van der Waals surface area contributed by atoms with Crippen molar-refractivity contribution < 1.29 is 4.42 Å². The van der Waals surface area contributed by atoms with E-state index < -0.39 is 0 Å². The molecule has 26 heavy (non-hydrogen) atoms. The van der Waals surface area contributed by atoms with Crippen LogP contribution in [0.25, 0.3) is 11.0 Å². The van der Waals surface area contributed by atoms with Crippen LogP contribution in [0.5, 0.6) is 0 Å². The Labute approximate surface area is 172 Å². The van der Waals surface area contributed by atoms with E-state index in [1.807, 2.05) is 19.2 Å². The zero-order chi connectivity index (χ0) is 17.4. The number of rotatable bonds is 4. The van der Waals surface area contributed by atoms with Gasteiger partial charge in [0.05, 0.1) is 6.54 Å². The molecule has 0 bridgehead atoms. The molecule has 1 saturated heterocycles. The van der Waals surface area contributed by atoms with Crippen LogP contribution in [0.4, 0.5) is 0 Å². The van der Waals surface area contributed by atoms with Gasteiger partial charge in [-0.3, -0.25) is 9.89 Å². The van der Waals surface area contributed by atoms with Crippen molar-refractivity contribution in [2.75, 3.05) is 13.6 Å². The number of nitrogens with one attached hydrogen (secondary N) is 2. The standard InChI is InChI=1S/C20H28N4O.HI/c1-13-10-15(12-24(13)16-8-9-16)23-20(21-3)22-11-19-14(2)17-6-4-5-7-18(17)25-19;/h4-7,13,15-16H,8-12H2,1-3H3,(H2,21,22,23);1H. The first kappa shape index (κ1) is 19.5. The number of likely N-dealkylation sites (tertiary alicyclic amines) is 1. The van der Waals surface area contributed by atoms with Gasteiger partial charge in [0.1, 0.15) is 11.3 Å². The van der Waals surface area contributed by atoms with Gasteiger partial charge in [0.25, 0.3) is 0 Å². The van der Waals surface area contributed by atoms with E-state index in [1.165, 1.54) is 30.2 Å². The van der Waals surface area contributed by atoms with Crippen LogP contribution in [0.1, 0.15) is 37.5 Å². The van der Waals surface area contributed by atoms with E-state index >= 15 is 0 Å². The molecule has 2 heterocycles. The molecule has 2 N–H and O–H groups in total. The van der Waals surface area contributed by atoms with Crippen LogP contribution in [-0.4, -0.2) is 42.6 Å². The van der Waals surface area contributed by atoms with Gasteiger partial charge in [-0.1, -0.05) is 18.2 Å². The predicted octanol–water partition coefficient (Wildman–Crippen LogP) is 3.65. The average Bonchev–Trinajstić information content (AvgIpc) is 3.33. The predicted molar refractivity (Wildman–Crippen MR) is 117 cm³/mol. The Morgan fingerprint density at radius 2 is 2.08 bits per heavy atom. The maximum atomic E-state index is 5.98. The normalized spacial score (nSPS) is 23.9. The molecule has 1 aliphatic carbocycles. The Morgan fingerprint density at radius 1 is 1.31 bits per heavy atom. The number of aliphatic imine (C=N–C) groups is 1. The molecular weight excluding hydrogens is 439 g/mol. The Bertz CT molecular complexity index is 783. The molecule has 1 aromatic heterocycles. The average molecular weight is 468 g/mol. The zero-order valence-electron chi connectivity index (χ0n) is 15.8. The van der Waals surface area contributed by atoms with Gasteiger partial charge in [0.2, 0.25) is 0 Å². The van der Waals surface area contributed by atoms with Gasteiger partial charge in [-0.25, -0.2) is 0 Å². The number of nitrogens with zero attached hydrogens (tertiary/aromatic N) is 2. The maximum Gasteiger partial charge on any atom is 0.191 e. The highest BCUT2D eigenvalue weighted by molar-refractivity contribution is 14.0. The highest BCUT2D eigenvalue weighted by Crippen LogP contribution is 2.33. The minimum atomic E-state index is 0. The van der Waals surface area contributed by atoms with Crippen molar-refractivity contribution in [1.82, 2.24) is 15.5 Å². The summed E-state index contributed by atoms with van der Waals surface area (Å²) in [5.41, 5.74) is 2.15. The third-order valence-corrected chi connectivity index (χ3v) is 5.56. The van der Waals surface area contributed by atoms with Gasteiger partial charge in [-0.15, -0.1) is 24.0 Å². The number of aryl methyl sites for hydroxylation is 1. The maximum absolute atomic E-state index is 5.98. The minimum absolute atomic E-state index is 0. The van der Waals surface area contributed by atoms with E-state index in [4.69, 9.17) is 4.42 Å². The minimum Gasteiger partial charge on any atom is -0.459 e. The summed E-state index contributed by atoms with van der Waals surface area (Å²) in [6.07, 6.45) is 3.92. The number of hydrogen-bond acceptors (Lipinski definition) is 3. The van der Waals surface area contributed by atoms with Crippen molar-refractivity contribution in [3.8, 4) is 0 Å². The third kappa shape index (κ3) is 4.01. The molecule has 0 amide bonds. The third-order valence-electron chi connectivity index (χ3n) is 5.56. The van der Waals surface area contributed by atoms with Crippen molar-refractivity contribution in [3.05, 3.63) is 35.6 Å². The lowest BCUT2D eigenvalue weighted by molar-refractivity contribution is 0.256. The van der Waals surface area contributed by atoms with Gasteiger partial charge >= 0.3 is 0 Å². The molecule has 4 rings (SSSR count). The molecule has 6 heteroatoms. The van der Waals surface area contributed by atoms with Crippen LogP contribution in [0.15, 0.2) is 33.7 Å². The lowest BCUT2D eigenvalue weighted by Gasteiger charge is -2.20. The van der Waals surface area contributed by atoms with Crippen molar-refractivity contribution in [3.63, 3.8) is 0 Å². The SMILES string of the molecule is CN=C(NCc1oc2ccccc2c1C)NC1CC(C)N(C2CC2)C1.I. The van der Waals surface area contributed by atoms with Crippen molar-refractivity contribution in [2.45, 2.75) is 57.8 Å². The molecule has 142 valence electrons. The van der Waals surface area contributed by atoms with Crippen LogP contribution in [0.3, 0.4) is 0 Å². The molecule has 2 unspecified atom stereocenters. The van der Waals surface area contributed by atoms with Crippen molar-refractivity contribution in [1.29, 1.82) is 0 Å². The number of fused-ring (bicyclic) bond motifs is 1. The topological polar surface area (TPSA) is 52.8 Å². The lowest BCUT2D eigenvalue weighted by atomic mass is 10.1. The first-order valence-corrected chi connectivity index (χ1v) is 9.35. The van der Waals surface area contributed by atoms with Crippen LogP contribution in [0, 0.1) is 6.92 Å². The summed E-state index contributed by atoms with van der Waals surface area (Å²) in [7, 11) is 1.83. The molecular formula is C20H29IN4O. The summed E-state index contributed by atoms with van der Waals surface area (Å²) < 4.78 is 5.98. The summed E-state index contributed by atoms with van der Waals surface area (Å²) in [4.78, 5) is 7.04. The Balaban J connectivity index is 0.00000196. The lowest BCUT2D eigenvalue weighted by Crippen LogP contribution is -2.44. The smallest absolute Gasteiger partial charge is 0.191 e. The summed E-state index contributed by atoms with van der Waals surface area (Å²) in [6.45, 7) is 6.23. The molecule has 5 nitrogen and oxygen atoms in total. The van der Waals surface area contributed by atoms with E-state index in [0.29, 0.717) is 18.6 Å². The van der Waals surface area contributed by atoms with E-state index in [9.17, 15) is 0 Å². The van der Waals surface area contributed by atoms with Gasteiger partial charge < -0.3 is 15.1 Å². The highest BCUT2D eigenvalue weighted by atomic mass is 127. The van der Waals surface area contributed by atoms with Crippen LogP contribution in [0.2, 0.25) is 0 Å². The molecule has 2 aliphatic rings. The van der Waals surface area contributed by atoms with Crippen molar-refractivity contribution >= 4 is 40.9 Å². The molecule has 2 atom stereocenters. The fourth-order valence-electron chi connectivity index (χ4n) is 4.02. The Hall–Kier alpha value is -1.28. The molecule has 0 spiro atoms. The van der Waals surface area contributed by atoms with Crippen molar-refractivity contribution in [2.24, 2.45) is 4.99 Å². The van der Waals surface area contributed by atoms with Gasteiger partial charge in [0, 0.05) is 42.7 Å². The molecule has 1 aromatic carbocycles. The summed E-state index contributed by atoms with van der Waals surface area (Å²) in [5.74, 6) is 1.83. The number of benzene rings is 1. The number of halogens is 1. The molecule has 1 saturated carbocycles. The number of furan rings is 1. The number of para-hydroxylation sites is 1. The van der Waals surface area contributed by atoms with E-state index in [2.05, 4.69) is 46.5 Å². The Kier molecular flexibility index (Phi) is 6.12. The van der Waals surface area contributed by atoms with E-state index in [1.54, 1.807) is 0 Å². The largest absolute Gasteiger partial charge is 0.459 e. The van der Waals surface area contributed by atoms with Crippen LogP contribution >= 0.6 is 24.0 Å². The fraction of sp³-hybridized carbons (Fsp3) is 0.550.